The van der Waals surface area contributed by atoms with Gasteiger partial charge >= 0.3 is 6.09 Å². The van der Waals surface area contributed by atoms with Gasteiger partial charge in [0.05, 0.1) is 18.6 Å². The van der Waals surface area contributed by atoms with Crippen molar-refractivity contribution < 1.29 is 19.7 Å². The van der Waals surface area contributed by atoms with Crippen LogP contribution < -0.4 is 5.32 Å². The number of hydrogen-bond donors (Lipinski definition) is 3. The maximum atomic E-state index is 11.6. The van der Waals surface area contributed by atoms with E-state index in [0.29, 0.717) is 12.0 Å². The monoisotopic (exact) mass is 354 g/mol. The molecule has 0 saturated heterocycles. The van der Waals surface area contributed by atoms with E-state index in [1.54, 1.807) is 24.3 Å². The lowest BCUT2D eigenvalue weighted by Crippen LogP contribution is -2.29. The smallest absolute Gasteiger partial charge is 0.407 e. The largest absolute Gasteiger partial charge is 0.445 e. The van der Waals surface area contributed by atoms with Crippen LogP contribution in [0, 0.1) is 11.3 Å². The molecule has 0 saturated carbocycles. The van der Waals surface area contributed by atoms with E-state index in [1.807, 2.05) is 30.3 Å². The van der Waals surface area contributed by atoms with Crippen LogP contribution in [0.2, 0.25) is 0 Å². The maximum Gasteiger partial charge on any atom is 0.407 e. The van der Waals surface area contributed by atoms with Gasteiger partial charge in [-0.2, -0.15) is 5.26 Å². The molecule has 0 aromatic heterocycles. The molecule has 136 valence electrons. The van der Waals surface area contributed by atoms with Crippen LogP contribution in [-0.2, 0) is 17.8 Å². The van der Waals surface area contributed by atoms with Gasteiger partial charge in [-0.1, -0.05) is 54.6 Å². The van der Waals surface area contributed by atoms with Crippen LogP contribution in [0.15, 0.2) is 54.6 Å². The fourth-order valence-electron chi connectivity index (χ4n) is 2.40. The molecular weight excluding hydrogens is 332 g/mol. The Hall–Kier alpha value is -2.88. The summed E-state index contributed by atoms with van der Waals surface area (Å²) in [5.41, 5.74) is 2.30. The summed E-state index contributed by atoms with van der Waals surface area (Å²) in [6, 6.07) is 18.2. The van der Waals surface area contributed by atoms with Gasteiger partial charge < -0.3 is 20.3 Å². The van der Waals surface area contributed by atoms with E-state index in [4.69, 9.17) is 10.00 Å². The van der Waals surface area contributed by atoms with E-state index >= 15 is 0 Å². The van der Waals surface area contributed by atoms with Gasteiger partial charge in [0.1, 0.15) is 12.7 Å². The second kappa shape index (κ2) is 10.2. The molecule has 0 aliphatic rings. The number of ether oxygens (including phenoxy) is 1. The lowest BCUT2D eigenvalue weighted by Gasteiger charge is -2.18. The van der Waals surface area contributed by atoms with E-state index in [-0.39, 0.29) is 19.6 Å². The first kappa shape index (κ1) is 19.4. The first-order chi connectivity index (χ1) is 12.6. The molecular formula is C20H22N2O4. The van der Waals surface area contributed by atoms with Crippen molar-refractivity contribution in [2.45, 2.75) is 31.7 Å². The SMILES string of the molecule is N#CCc1ccc(C(O)C(O)CCNC(=O)OCc2ccccc2)cc1. The van der Waals surface area contributed by atoms with Crippen molar-refractivity contribution in [3.05, 3.63) is 71.3 Å². The number of aliphatic hydroxyl groups is 2. The average molecular weight is 354 g/mol. The van der Waals surface area contributed by atoms with Crippen LogP contribution in [0.1, 0.15) is 29.2 Å². The number of benzene rings is 2. The number of nitrogens with zero attached hydrogens (tertiary/aromatic N) is 1. The Kier molecular flexibility index (Phi) is 7.62. The first-order valence-electron chi connectivity index (χ1n) is 8.36. The van der Waals surface area contributed by atoms with Crippen LogP contribution in [0.4, 0.5) is 4.79 Å². The van der Waals surface area contributed by atoms with Crippen molar-refractivity contribution in [3.63, 3.8) is 0 Å². The Balaban J connectivity index is 1.71. The number of carbonyl (C=O) groups is 1. The number of amides is 1. The third kappa shape index (κ3) is 6.20. The predicted molar refractivity (Wildman–Crippen MR) is 96.0 cm³/mol. The van der Waals surface area contributed by atoms with Gasteiger partial charge in [-0.25, -0.2) is 4.79 Å². The van der Waals surface area contributed by atoms with Crippen LogP contribution in [0.5, 0.6) is 0 Å². The summed E-state index contributed by atoms with van der Waals surface area (Å²) in [5, 5.41) is 31.4. The van der Waals surface area contributed by atoms with E-state index in [9.17, 15) is 15.0 Å². The molecule has 2 atom stereocenters. The number of carbonyl (C=O) groups excluding carboxylic acids is 1. The average Bonchev–Trinajstić information content (AvgIpc) is 2.67. The van der Waals surface area contributed by atoms with Crippen LogP contribution in [0.25, 0.3) is 0 Å². The third-order valence-corrected chi connectivity index (χ3v) is 3.89. The van der Waals surface area contributed by atoms with Gasteiger partial charge in [0.15, 0.2) is 0 Å². The zero-order valence-electron chi connectivity index (χ0n) is 14.3. The van der Waals surface area contributed by atoms with Crippen molar-refractivity contribution in [3.8, 4) is 6.07 Å². The van der Waals surface area contributed by atoms with Gasteiger partial charge in [0.25, 0.3) is 0 Å². The van der Waals surface area contributed by atoms with E-state index in [0.717, 1.165) is 11.1 Å². The molecule has 0 bridgehead atoms. The minimum absolute atomic E-state index is 0.174. The van der Waals surface area contributed by atoms with Crippen molar-refractivity contribution in [2.24, 2.45) is 0 Å². The molecule has 2 rings (SSSR count). The first-order valence-corrected chi connectivity index (χ1v) is 8.36. The fraction of sp³-hybridized carbons (Fsp3) is 0.300. The molecule has 0 radical (unpaired) electrons. The highest BCUT2D eigenvalue weighted by molar-refractivity contribution is 5.67. The minimum atomic E-state index is -1.06. The second-order valence-corrected chi connectivity index (χ2v) is 5.87. The zero-order valence-corrected chi connectivity index (χ0v) is 14.3. The molecule has 6 nitrogen and oxygen atoms in total. The Labute approximate surface area is 152 Å². The van der Waals surface area contributed by atoms with Gasteiger partial charge in [-0.3, -0.25) is 0 Å². The van der Waals surface area contributed by atoms with Crippen molar-refractivity contribution >= 4 is 6.09 Å². The molecule has 0 heterocycles. The summed E-state index contributed by atoms with van der Waals surface area (Å²) in [6.07, 6.45) is -2.17. The Morgan fingerprint density at radius 1 is 1.08 bits per heavy atom. The summed E-state index contributed by atoms with van der Waals surface area (Å²) >= 11 is 0. The van der Waals surface area contributed by atoms with Gasteiger partial charge in [0.2, 0.25) is 0 Å². The van der Waals surface area contributed by atoms with Crippen molar-refractivity contribution in [2.75, 3.05) is 6.54 Å². The lowest BCUT2D eigenvalue weighted by molar-refractivity contribution is 0.0136. The topological polar surface area (TPSA) is 103 Å². The van der Waals surface area contributed by atoms with Crippen LogP contribution in [-0.4, -0.2) is 29.0 Å². The molecule has 0 spiro atoms. The van der Waals surface area contributed by atoms with Crippen LogP contribution in [0.3, 0.4) is 0 Å². The molecule has 3 N–H and O–H groups in total. The Bertz CT molecular complexity index is 726. The van der Waals surface area contributed by atoms with Gasteiger partial charge in [-0.05, 0) is 23.1 Å². The third-order valence-electron chi connectivity index (χ3n) is 3.89. The number of aliphatic hydroxyl groups excluding tert-OH is 2. The number of nitrogens with one attached hydrogen (secondary N) is 1. The quantitative estimate of drug-likeness (QED) is 0.676. The van der Waals surface area contributed by atoms with E-state index in [2.05, 4.69) is 11.4 Å². The Morgan fingerprint density at radius 2 is 1.77 bits per heavy atom. The lowest BCUT2D eigenvalue weighted by atomic mass is 10.0. The molecule has 0 fully saturated rings. The molecule has 0 aliphatic heterocycles. The van der Waals surface area contributed by atoms with Crippen molar-refractivity contribution in [1.82, 2.24) is 5.32 Å². The summed E-state index contributed by atoms with van der Waals surface area (Å²) < 4.78 is 5.07. The number of nitriles is 1. The van der Waals surface area contributed by atoms with E-state index < -0.39 is 18.3 Å². The van der Waals surface area contributed by atoms with Gasteiger partial charge in [0, 0.05) is 6.54 Å². The molecule has 0 aliphatic carbocycles. The highest BCUT2D eigenvalue weighted by Crippen LogP contribution is 2.19. The standard InChI is InChI=1S/C20H22N2O4/c21-12-10-15-6-8-17(9-7-15)19(24)18(23)11-13-22-20(25)26-14-16-4-2-1-3-5-16/h1-9,18-19,23-24H,10-11,13-14H2,(H,22,25). The van der Waals surface area contributed by atoms with Gasteiger partial charge in [-0.15, -0.1) is 0 Å². The summed E-state index contributed by atoms with van der Waals surface area (Å²) in [7, 11) is 0. The van der Waals surface area contributed by atoms with Crippen molar-refractivity contribution in [1.29, 1.82) is 5.26 Å². The molecule has 6 heteroatoms. The molecule has 2 unspecified atom stereocenters. The predicted octanol–water partition coefficient (Wildman–Crippen LogP) is 2.46. The fourth-order valence-corrected chi connectivity index (χ4v) is 2.40. The minimum Gasteiger partial charge on any atom is -0.445 e. The Morgan fingerprint density at radius 3 is 2.42 bits per heavy atom. The van der Waals surface area contributed by atoms with Crippen LogP contribution >= 0.6 is 0 Å². The number of rotatable bonds is 8. The summed E-state index contributed by atoms with van der Waals surface area (Å²) in [4.78, 5) is 11.6. The molecule has 26 heavy (non-hydrogen) atoms. The normalized spacial score (nSPS) is 12.7. The molecule has 2 aromatic carbocycles. The van der Waals surface area contributed by atoms with E-state index in [1.165, 1.54) is 0 Å². The number of hydrogen-bond acceptors (Lipinski definition) is 5. The molecule has 2 aromatic rings. The number of alkyl carbamates (subject to hydrolysis) is 1. The summed E-state index contributed by atoms with van der Waals surface area (Å²) in [5.74, 6) is 0. The zero-order chi connectivity index (χ0) is 18.8. The summed E-state index contributed by atoms with van der Waals surface area (Å²) in [6.45, 7) is 0.352. The highest BCUT2D eigenvalue weighted by Gasteiger charge is 2.18. The molecule has 1 amide bonds. The second-order valence-electron chi connectivity index (χ2n) is 5.87. The maximum absolute atomic E-state index is 11.6. The highest BCUT2D eigenvalue weighted by atomic mass is 16.5.